The zero-order chi connectivity index (χ0) is 18.2. The number of aromatic nitrogens is 1. The summed E-state index contributed by atoms with van der Waals surface area (Å²) in [7, 11) is 0. The Balaban J connectivity index is 2.25. The van der Waals surface area contributed by atoms with E-state index in [2.05, 4.69) is 9.22 Å². The molecule has 0 saturated carbocycles. The first-order valence-electron chi connectivity index (χ1n) is 7.62. The summed E-state index contributed by atoms with van der Waals surface area (Å²) in [6.07, 6.45) is 1.82. The highest BCUT2D eigenvalue weighted by Crippen LogP contribution is 2.45. The molecule has 0 spiro atoms. The van der Waals surface area contributed by atoms with Crippen LogP contribution in [-0.2, 0) is 4.79 Å². The predicted octanol–water partition coefficient (Wildman–Crippen LogP) is 5.78. The topological polar surface area (TPSA) is 54.5 Å². The molecule has 3 rings (SSSR count). The molecule has 0 unspecified atom stereocenters. The van der Waals surface area contributed by atoms with Crippen LogP contribution in [-0.4, -0.2) is 20.2 Å². The quantitative estimate of drug-likeness (QED) is 0.468. The van der Waals surface area contributed by atoms with Crippen LogP contribution in [0.5, 0.6) is 0 Å². The Hall–Kier alpha value is -2.36. The minimum absolute atomic E-state index is 0.595. The Morgan fingerprint density at radius 1 is 1.32 bits per heavy atom. The molecule has 126 valence electrons. The first kappa shape index (κ1) is 17.5. The van der Waals surface area contributed by atoms with E-state index < -0.39 is 10.7 Å². The van der Waals surface area contributed by atoms with Gasteiger partial charge in [0, 0.05) is 22.0 Å². The number of aliphatic carboxylic acids is 1. The molecule has 0 saturated heterocycles. The van der Waals surface area contributed by atoms with Crippen molar-refractivity contribution < 1.29 is 9.90 Å². The van der Waals surface area contributed by atoms with E-state index in [4.69, 9.17) is 6.57 Å². The van der Waals surface area contributed by atoms with Crippen LogP contribution in [0.4, 0.5) is 5.69 Å². The third-order valence-corrected chi connectivity index (χ3v) is 6.05. The predicted molar refractivity (Wildman–Crippen MR) is 104 cm³/mol. The van der Waals surface area contributed by atoms with Gasteiger partial charge in [0.2, 0.25) is 0 Å². The van der Waals surface area contributed by atoms with Gasteiger partial charge in [0.25, 0.3) is 0 Å². The summed E-state index contributed by atoms with van der Waals surface area (Å²) in [5.74, 6) is -0.854. The van der Waals surface area contributed by atoms with Crippen molar-refractivity contribution in [3.05, 3.63) is 53.5 Å². The van der Waals surface area contributed by atoms with E-state index in [1.54, 1.807) is 19.9 Å². The van der Waals surface area contributed by atoms with Crippen LogP contribution < -0.4 is 0 Å². The van der Waals surface area contributed by atoms with Crippen molar-refractivity contribution >= 4 is 45.0 Å². The van der Waals surface area contributed by atoms with Crippen molar-refractivity contribution in [2.24, 2.45) is 0 Å². The average molecular weight is 368 g/mol. The largest absolute Gasteiger partial charge is 0.480 e. The lowest BCUT2D eigenvalue weighted by Gasteiger charge is -2.21. The lowest BCUT2D eigenvalue weighted by atomic mass is 9.99. The van der Waals surface area contributed by atoms with Crippen molar-refractivity contribution in [3.8, 4) is 11.1 Å². The first-order valence-corrected chi connectivity index (χ1v) is 9.21. The fourth-order valence-corrected chi connectivity index (χ4v) is 4.53. The van der Waals surface area contributed by atoms with Gasteiger partial charge in [0.15, 0.2) is 5.69 Å². The molecule has 0 aliphatic heterocycles. The zero-order valence-electron chi connectivity index (χ0n) is 14.0. The van der Waals surface area contributed by atoms with Crippen LogP contribution in [0.15, 0.2) is 41.4 Å². The van der Waals surface area contributed by atoms with Gasteiger partial charge in [0.05, 0.1) is 11.3 Å². The van der Waals surface area contributed by atoms with Gasteiger partial charge in [-0.1, -0.05) is 29.8 Å². The van der Waals surface area contributed by atoms with Crippen molar-refractivity contribution in [1.29, 1.82) is 0 Å². The minimum Gasteiger partial charge on any atom is -0.480 e. The van der Waals surface area contributed by atoms with Gasteiger partial charge in [0.1, 0.15) is 4.75 Å². The number of fused-ring (bicyclic) bond motifs is 1. The summed E-state index contributed by atoms with van der Waals surface area (Å²) in [6.45, 7) is 12.6. The smallest absolute Gasteiger partial charge is 0.319 e. The molecule has 0 radical (unpaired) electrons. The fraction of sp³-hybridized carbons (Fsp3) is 0.211. The zero-order valence-corrected chi connectivity index (χ0v) is 15.7. The van der Waals surface area contributed by atoms with Gasteiger partial charge in [-0.3, -0.25) is 4.79 Å². The van der Waals surface area contributed by atoms with Crippen molar-refractivity contribution in [2.45, 2.75) is 30.4 Å². The lowest BCUT2D eigenvalue weighted by molar-refractivity contribution is -0.138. The van der Waals surface area contributed by atoms with E-state index in [1.165, 1.54) is 23.3 Å². The van der Waals surface area contributed by atoms with Crippen LogP contribution in [0.2, 0.25) is 0 Å². The van der Waals surface area contributed by atoms with Crippen molar-refractivity contribution in [2.75, 3.05) is 0 Å². The highest BCUT2D eigenvalue weighted by molar-refractivity contribution is 8.01. The number of aryl methyl sites for hydroxylation is 1. The molecule has 0 bridgehead atoms. The van der Waals surface area contributed by atoms with Crippen LogP contribution in [0.3, 0.4) is 0 Å². The van der Waals surface area contributed by atoms with Crippen LogP contribution >= 0.6 is 23.3 Å². The molecule has 0 amide bonds. The number of hydrogen-bond donors (Lipinski definition) is 1. The van der Waals surface area contributed by atoms with Gasteiger partial charge in [-0.15, -0.1) is 11.8 Å². The van der Waals surface area contributed by atoms with E-state index in [0.717, 1.165) is 31.7 Å². The highest BCUT2D eigenvalue weighted by atomic mass is 32.2. The maximum Gasteiger partial charge on any atom is 0.319 e. The Labute approximate surface area is 154 Å². The van der Waals surface area contributed by atoms with Gasteiger partial charge in [-0.05, 0) is 43.9 Å². The maximum absolute atomic E-state index is 11.6. The summed E-state index contributed by atoms with van der Waals surface area (Å²) in [5, 5.41) is 10.5. The van der Waals surface area contributed by atoms with E-state index in [-0.39, 0.29) is 0 Å². The van der Waals surface area contributed by atoms with E-state index in [0.29, 0.717) is 5.69 Å². The third kappa shape index (κ3) is 3.26. The Kier molecular flexibility index (Phi) is 4.55. The van der Waals surface area contributed by atoms with Crippen LogP contribution in [0.1, 0.15) is 19.4 Å². The number of hydrogen-bond acceptors (Lipinski definition) is 4. The molecule has 6 heteroatoms. The summed E-state index contributed by atoms with van der Waals surface area (Å²) in [5.41, 5.74) is 3.58. The molecule has 2 aromatic carbocycles. The molecule has 4 nitrogen and oxygen atoms in total. The first-order chi connectivity index (χ1) is 11.8. The van der Waals surface area contributed by atoms with Crippen LogP contribution in [0, 0.1) is 13.5 Å². The van der Waals surface area contributed by atoms with E-state index in [1.807, 2.05) is 37.4 Å². The average Bonchev–Trinajstić information content (AvgIpc) is 3.03. The molecule has 0 aliphatic rings. The number of thioether (sulfide) groups is 1. The minimum atomic E-state index is -0.947. The molecule has 1 N–H and O–H groups in total. The third-order valence-electron chi connectivity index (χ3n) is 3.97. The van der Waals surface area contributed by atoms with Gasteiger partial charge in [-0.2, -0.15) is 4.37 Å². The summed E-state index contributed by atoms with van der Waals surface area (Å²) >= 11 is 2.74. The molecule has 0 atom stereocenters. The van der Waals surface area contributed by atoms with Crippen molar-refractivity contribution in [1.82, 2.24) is 4.37 Å². The molecule has 25 heavy (non-hydrogen) atoms. The highest BCUT2D eigenvalue weighted by Gasteiger charge is 2.30. The molecule has 0 aliphatic carbocycles. The summed E-state index contributed by atoms with van der Waals surface area (Å²) in [6, 6.07) is 9.54. The number of carboxylic acids is 1. The second-order valence-corrected chi connectivity index (χ2v) is 8.68. The standard InChI is InChI=1S/C19H16N2O2S2/c1-11-9-13(20-4)6-7-14(11)16-15(24-19(2,3)18(22)23)8-5-12-10-21-25-17(12)16/h5-10H,1-3H3,(H,22,23). The Bertz CT molecular complexity index is 1020. The molecule has 1 aromatic heterocycles. The van der Waals surface area contributed by atoms with Crippen LogP contribution in [0.25, 0.3) is 26.1 Å². The number of benzene rings is 2. The molecule has 3 aromatic rings. The molecular weight excluding hydrogens is 352 g/mol. The normalized spacial score (nSPS) is 11.4. The lowest BCUT2D eigenvalue weighted by Crippen LogP contribution is -2.27. The Morgan fingerprint density at radius 3 is 2.72 bits per heavy atom. The summed E-state index contributed by atoms with van der Waals surface area (Å²) in [4.78, 5) is 16.0. The van der Waals surface area contributed by atoms with Gasteiger partial charge < -0.3 is 5.11 Å². The SMILES string of the molecule is [C-]#[N+]c1ccc(-c2c(SC(C)(C)C(=O)O)ccc3cnsc23)c(C)c1. The van der Waals surface area contributed by atoms with E-state index >= 15 is 0 Å². The number of carbonyl (C=O) groups is 1. The molecule has 0 fully saturated rings. The second-order valence-electron chi connectivity index (χ2n) is 6.21. The molecule has 1 heterocycles. The second kappa shape index (κ2) is 6.51. The number of nitrogens with zero attached hydrogens (tertiary/aromatic N) is 2. The van der Waals surface area contributed by atoms with E-state index in [9.17, 15) is 9.90 Å². The van der Waals surface area contributed by atoms with Gasteiger partial charge >= 0.3 is 5.97 Å². The molecular formula is C19H16N2O2S2. The summed E-state index contributed by atoms with van der Waals surface area (Å²) < 4.78 is 4.38. The monoisotopic (exact) mass is 368 g/mol. The van der Waals surface area contributed by atoms with Gasteiger partial charge in [-0.25, -0.2) is 4.85 Å². The number of carboxylic acid groups (broad SMARTS) is 1. The fourth-order valence-electron chi connectivity index (χ4n) is 2.57. The maximum atomic E-state index is 11.6. The number of rotatable bonds is 4. The Morgan fingerprint density at radius 2 is 2.08 bits per heavy atom. The van der Waals surface area contributed by atoms with Crippen molar-refractivity contribution in [3.63, 3.8) is 0 Å².